The SMILES string of the molecule is COc1c(C)cc(S(=O)(=O)Nc2ccc(CC(=O)N3CCC(O)CC3)cc2)cc1C. The molecule has 7 nitrogen and oxygen atoms in total. The van der Waals surface area contributed by atoms with Crippen molar-refractivity contribution in [1.29, 1.82) is 0 Å². The van der Waals surface area contributed by atoms with Crippen molar-refractivity contribution in [2.24, 2.45) is 0 Å². The number of aliphatic hydroxyl groups excluding tert-OH is 1. The highest BCUT2D eigenvalue weighted by Gasteiger charge is 2.21. The molecule has 3 rings (SSSR count). The van der Waals surface area contributed by atoms with E-state index in [1.165, 1.54) is 0 Å². The number of likely N-dealkylation sites (tertiary alicyclic amines) is 1. The summed E-state index contributed by atoms with van der Waals surface area (Å²) in [4.78, 5) is 14.3. The molecule has 30 heavy (non-hydrogen) atoms. The van der Waals surface area contributed by atoms with Crippen molar-refractivity contribution >= 4 is 21.6 Å². The van der Waals surface area contributed by atoms with Crippen molar-refractivity contribution in [3.63, 3.8) is 0 Å². The van der Waals surface area contributed by atoms with Gasteiger partial charge in [0.25, 0.3) is 10.0 Å². The van der Waals surface area contributed by atoms with Crippen LogP contribution in [0.3, 0.4) is 0 Å². The summed E-state index contributed by atoms with van der Waals surface area (Å²) in [5.74, 6) is 0.686. The summed E-state index contributed by atoms with van der Waals surface area (Å²) in [6.07, 6.45) is 1.15. The van der Waals surface area contributed by atoms with Crippen LogP contribution in [-0.4, -0.2) is 50.6 Å². The van der Waals surface area contributed by atoms with E-state index in [0.717, 1.165) is 16.7 Å². The topological polar surface area (TPSA) is 95.9 Å². The van der Waals surface area contributed by atoms with Crippen molar-refractivity contribution in [3.8, 4) is 5.75 Å². The first kappa shape index (κ1) is 22.1. The number of amides is 1. The zero-order valence-electron chi connectivity index (χ0n) is 17.5. The Bertz CT molecular complexity index is 987. The van der Waals surface area contributed by atoms with Crippen LogP contribution in [0.2, 0.25) is 0 Å². The van der Waals surface area contributed by atoms with E-state index in [-0.39, 0.29) is 23.3 Å². The molecule has 1 fully saturated rings. The number of anilines is 1. The van der Waals surface area contributed by atoms with Crippen LogP contribution in [0.1, 0.15) is 29.5 Å². The number of sulfonamides is 1. The van der Waals surface area contributed by atoms with Crippen LogP contribution >= 0.6 is 0 Å². The number of methoxy groups -OCH3 is 1. The van der Waals surface area contributed by atoms with E-state index in [0.29, 0.717) is 37.4 Å². The Labute approximate surface area is 177 Å². The number of piperidine rings is 1. The molecule has 1 amide bonds. The molecule has 0 aromatic heterocycles. The third-order valence-corrected chi connectivity index (χ3v) is 6.69. The average Bonchev–Trinajstić information content (AvgIpc) is 2.69. The molecule has 2 aromatic carbocycles. The van der Waals surface area contributed by atoms with Gasteiger partial charge in [0, 0.05) is 18.8 Å². The van der Waals surface area contributed by atoms with Crippen LogP contribution in [0, 0.1) is 13.8 Å². The molecule has 0 spiro atoms. The number of aliphatic hydroxyl groups is 1. The summed E-state index contributed by atoms with van der Waals surface area (Å²) >= 11 is 0. The molecule has 162 valence electrons. The number of carbonyl (C=O) groups excluding carboxylic acids is 1. The molecule has 8 heteroatoms. The van der Waals surface area contributed by atoms with E-state index in [1.807, 2.05) is 0 Å². The Morgan fingerprint density at radius 3 is 2.23 bits per heavy atom. The molecule has 0 radical (unpaired) electrons. The first-order valence-electron chi connectivity index (χ1n) is 9.92. The Hall–Kier alpha value is -2.58. The van der Waals surface area contributed by atoms with E-state index in [1.54, 1.807) is 62.3 Å². The molecule has 1 saturated heterocycles. The van der Waals surface area contributed by atoms with Gasteiger partial charge >= 0.3 is 0 Å². The van der Waals surface area contributed by atoms with Crippen LogP contribution in [-0.2, 0) is 21.2 Å². The number of nitrogens with zero attached hydrogens (tertiary/aromatic N) is 1. The van der Waals surface area contributed by atoms with Gasteiger partial charge in [-0.15, -0.1) is 0 Å². The molecule has 0 bridgehead atoms. The lowest BCUT2D eigenvalue weighted by Gasteiger charge is -2.29. The van der Waals surface area contributed by atoms with Gasteiger partial charge < -0.3 is 14.7 Å². The Morgan fingerprint density at radius 1 is 1.13 bits per heavy atom. The smallest absolute Gasteiger partial charge is 0.261 e. The lowest BCUT2D eigenvalue weighted by molar-refractivity contribution is -0.132. The lowest BCUT2D eigenvalue weighted by Crippen LogP contribution is -2.40. The molecule has 0 atom stereocenters. The fraction of sp³-hybridized carbons (Fsp3) is 0.409. The number of carbonyl (C=O) groups is 1. The van der Waals surface area contributed by atoms with Gasteiger partial charge in [0.2, 0.25) is 5.91 Å². The third kappa shape index (κ3) is 5.12. The second kappa shape index (κ2) is 9.06. The monoisotopic (exact) mass is 432 g/mol. The van der Waals surface area contributed by atoms with Crippen LogP contribution in [0.15, 0.2) is 41.3 Å². The van der Waals surface area contributed by atoms with Crippen LogP contribution in [0.4, 0.5) is 5.69 Å². The highest BCUT2D eigenvalue weighted by atomic mass is 32.2. The summed E-state index contributed by atoms with van der Waals surface area (Å²) in [5.41, 5.74) is 2.73. The van der Waals surface area contributed by atoms with E-state index in [2.05, 4.69) is 4.72 Å². The van der Waals surface area contributed by atoms with Gasteiger partial charge in [-0.2, -0.15) is 0 Å². The van der Waals surface area contributed by atoms with Crippen molar-refractivity contribution in [1.82, 2.24) is 4.90 Å². The summed E-state index contributed by atoms with van der Waals surface area (Å²) in [6.45, 7) is 4.75. The minimum Gasteiger partial charge on any atom is -0.496 e. The molecule has 1 aliphatic rings. The van der Waals surface area contributed by atoms with E-state index < -0.39 is 10.0 Å². The maximum Gasteiger partial charge on any atom is 0.261 e. The van der Waals surface area contributed by atoms with Crippen LogP contribution in [0.5, 0.6) is 5.75 Å². The highest BCUT2D eigenvalue weighted by Crippen LogP contribution is 2.27. The molecular weight excluding hydrogens is 404 g/mol. The second-order valence-electron chi connectivity index (χ2n) is 7.68. The molecule has 0 aliphatic carbocycles. The predicted molar refractivity (Wildman–Crippen MR) is 115 cm³/mol. The van der Waals surface area contributed by atoms with E-state index in [9.17, 15) is 18.3 Å². The molecular formula is C22H28N2O5S. The number of rotatable bonds is 6. The van der Waals surface area contributed by atoms with E-state index in [4.69, 9.17) is 4.74 Å². The maximum atomic E-state index is 12.8. The minimum absolute atomic E-state index is 0.0133. The summed E-state index contributed by atoms with van der Waals surface area (Å²) in [5, 5.41) is 9.56. The highest BCUT2D eigenvalue weighted by molar-refractivity contribution is 7.92. The molecule has 0 saturated carbocycles. The van der Waals surface area contributed by atoms with Crippen molar-refractivity contribution < 1.29 is 23.1 Å². The molecule has 1 heterocycles. The minimum atomic E-state index is -3.75. The van der Waals surface area contributed by atoms with E-state index >= 15 is 0 Å². The number of hydrogen-bond acceptors (Lipinski definition) is 5. The second-order valence-corrected chi connectivity index (χ2v) is 9.36. The first-order valence-corrected chi connectivity index (χ1v) is 11.4. The molecule has 2 aromatic rings. The summed E-state index contributed by atoms with van der Waals surface area (Å²) in [7, 11) is -2.19. The zero-order valence-corrected chi connectivity index (χ0v) is 18.3. The molecule has 0 unspecified atom stereocenters. The third-order valence-electron chi connectivity index (χ3n) is 5.33. The van der Waals surface area contributed by atoms with Gasteiger partial charge in [-0.05, 0) is 67.6 Å². The Balaban J connectivity index is 1.67. The largest absolute Gasteiger partial charge is 0.496 e. The zero-order chi connectivity index (χ0) is 21.9. The number of ether oxygens (including phenoxy) is 1. The number of hydrogen-bond donors (Lipinski definition) is 2. The molecule has 1 aliphatic heterocycles. The van der Waals surface area contributed by atoms with Crippen LogP contribution < -0.4 is 9.46 Å². The maximum absolute atomic E-state index is 12.8. The molecule has 2 N–H and O–H groups in total. The van der Waals surface area contributed by atoms with Crippen molar-refractivity contribution in [2.45, 2.75) is 44.1 Å². The lowest BCUT2D eigenvalue weighted by atomic mass is 10.1. The van der Waals surface area contributed by atoms with Gasteiger partial charge in [0.05, 0.1) is 24.5 Å². The van der Waals surface area contributed by atoms with Gasteiger partial charge in [0.1, 0.15) is 5.75 Å². The van der Waals surface area contributed by atoms with Gasteiger partial charge in [-0.25, -0.2) is 8.42 Å². The standard InChI is InChI=1S/C22H28N2O5S/c1-15-12-20(13-16(2)22(15)29-3)30(27,28)23-18-6-4-17(5-7-18)14-21(26)24-10-8-19(25)9-11-24/h4-7,12-13,19,23,25H,8-11,14H2,1-3H3. The van der Waals surface area contributed by atoms with Gasteiger partial charge in [-0.3, -0.25) is 9.52 Å². The average molecular weight is 433 g/mol. The van der Waals surface area contributed by atoms with Crippen molar-refractivity contribution in [3.05, 3.63) is 53.1 Å². The normalized spacial score (nSPS) is 15.1. The summed E-state index contributed by atoms with van der Waals surface area (Å²) < 4.78 is 33.4. The fourth-order valence-corrected chi connectivity index (χ4v) is 4.92. The quantitative estimate of drug-likeness (QED) is 0.732. The first-order chi connectivity index (χ1) is 14.2. The van der Waals surface area contributed by atoms with Gasteiger partial charge in [0.15, 0.2) is 0 Å². The number of nitrogens with one attached hydrogen (secondary N) is 1. The van der Waals surface area contributed by atoms with Gasteiger partial charge in [-0.1, -0.05) is 12.1 Å². The Kier molecular flexibility index (Phi) is 6.67. The number of benzene rings is 2. The van der Waals surface area contributed by atoms with Crippen molar-refractivity contribution in [2.75, 3.05) is 24.9 Å². The fourth-order valence-electron chi connectivity index (χ4n) is 3.69. The van der Waals surface area contributed by atoms with Crippen LogP contribution in [0.25, 0.3) is 0 Å². The number of aryl methyl sites for hydroxylation is 2. The predicted octanol–water partition coefficient (Wildman–Crippen LogP) is 2.64. The summed E-state index contributed by atoms with van der Waals surface area (Å²) in [6, 6.07) is 9.97. The Morgan fingerprint density at radius 2 is 1.70 bits per heavy atom.